The minimum Gasteiger partial charge on any atom is -0.444 e. The lowest BCUT2D eigenvalue weighted by Crippen LogP contribution is -2.52. The zero-order valence-corrected chi connectivity index (χ0v) is 16.0. The van der Waals surface area contributed by atoms with Crippen LogP contribution in [0.5, 0.6) is 0 Å². The molecule has 0 spiro atoms. The van der Waals surface area contributed by atoms with Gasteiger partial charge in [0.2, 0.25) is 0 Å². The summed E-state index contributed by atoms with van der Waals surface area (Å²) in [5.74, 6) is 0. The van der Waals surface area contributed by atoms with Gasteiger partial charge >= 0.3 is 6.09 Å². The van der Waals surface area contributed by atoms with Crippen molar-refractivity contribution in [3.63, 3.8) is 0 Å². The summed E-state index contributed by atoms with van der Waals surface area (Å²) in [4.78, 5) is 14.2. The summed E-state index contributed by atoms with van der Waals surface area (Å²) in [6.07, 6.45) is 5.48. The van der Waals surface area contributed by atoms with Crippen LogP contribution in [0.2, 0.25) is 0 Å². The second-order valence-electron chi connectivity index (χ2n) is 7.81. The van der Waals surface area contributed by atoms with E-state index in [1.807, 2.05) is 37.4 Å². The highest BCUT2D eigenvalue weighted by Gasteiger charge is 2.41. The largest absolute Gasteiger partial charge is 0.444 e. The smallest absolute Gasteiger partial charge is 0.410 e. The molecule has 134 valence electrons. The number of ether oxygens (including phenoxy) is 2. The number of nitrogens with one attached hydrogen (secondary N) is 1. The van der Waals surface area contributed by atoms with Crippen molar-refractivity contribution in [1.82, 2.24) is 10.2 Å². The number of carbonyl (C=O) groups excluding carboxylic acids is 1. The molecule has 1 saturated carbocycles. The summed E-state index contributed by atoms with van der Waals surface area (Å²) in [7, 11) is 0. The fraction of sp³-hybridized carbons (Fsp3) is 0.941. The molecule has 1 saturated heterocycles. The van der Waals surface area contributed by atoms with Crippen molar-refractivity contribution in [2.24, 2.45) is 0 Å². The van der Waals surface area contributed by atoms with Crippen LogP contribution >= 0.6 is 11.8 Å². The summed E-state index contributed by atoms with van der Waals surface area (Å²) in [6, 6.07) is 0.446. The van der Waals surface area contributed by atoms with Crippen molar-refractivity contribution in [1.29, 1.82) is 0 Å². The summed E-state index contributed by atoms with van der Waals surface area (Å²) < 4.78 is 11.6. The number of hydrogen-bond acceptors (Lipinski definition) is 5. The van der Waals surface area contributed by atoms with Gasteiger partial charge in [-0.15, -0.1) is 0 Å². The monoisotopic (exact) mass is 344 g/mol. The van der Waals surface area contributed by atoms with Gasteiger partial charge in [0.15, 0.2) is 0 Å². The lowest BCUT2D eigenvalue weighted by Gasteiger charge is -2.38. The van der Waals surface area contributed by atoms with Crippen molar-refractivity contribution in [2.75, 3.05) is 32.6 Å². The topological polar surface area (TPSA) is 50.8 Å². The first-order chi connectivity index (χ1) is 10.7. The van der Waals surface area contributed by atoms with Gasteiger partial charge in [-0.25, -0.2) is 4.79 Å². The maximum absolute atomic E-state index is 12.4. The molecule has 2 unspecified atom stereocenters. The first-order valence-electron chi connectivity index (χ1n) is 8.61. The number of rotatable bonds is 6. The van der Waals surface area contributed by atoms with E-state index in [1.54, 1.807) is 0 Å². The van der Waals surface area contributed by atoms with Gasteiger partial charge in [0.25, 0.3) is 0 Å². The third kappa shape index (κ3) is 5.84. The molecular formula is C17H32N2O3S. The van der Waals surface area contributed by atoms with Crippen LogP contribution in [0, 0.1) is 0 Å². The molecule has 1 aliphatic carbocycles. The van der Waals surface area contributed by atoms with Crippen molar-refractivity contribution < 1.29 is 14.3 Å². The molecule has 2 aliphatic rings. The summed E-state index contributed by atoms with van der Waals surface area (Å²) in [6.45, 7) is 10.8. The van der Waals surface area contributed by atoms with Crippen LogP contribution in [-0.4, -0.2) is 66.0 Å². The molecule has 1 heterocycles. The third-order valence-electron chi connectivity index (χ3n) is 4.49. The molecule has 2 fully saturated rings. The molecule has 0 radical (unpaired) electrons. The van der Waals surface area contributed by atoms with Crippen molar-refractivity contribution >= 4 is 17.9 Å². The van der Waals surface area contributed by atoms with Gasteiger partial charge < -0.3 is 19.7 Å². The van der Waals surface area contributed by atoms with Crippen LogP contribution < -0.4 is 5.32 Å². The molecule has 2 rings (SSSR count). The Labute approximate surface area is 144 Å². The number of amides is 1. The molecule has 1 aliphatic heterocycles. The van der Waals surface area contributed by atoms with E-state index >= 15 is 0 Å². The van der Waals surface area contributed by atoms with Crippen molar-refractivity contribution in [2.45, 2.75) is 69.4 Å². The highest BCUT2D eigenvalue weighted by Crippen LogP contribution is 2.46. The van der Waals surface area contributed by atoms with E-state index in [-0.39, 0.29) is 12.1 Å². The summed E-state index contributed by atoms with van der Waals surface area (Å²) in [5, 5.41) is 3.64. The van der Waals surface area contributed by atoms with Crippen LogP contribution in [0.15, 0.2) is 0 Å². The Hall–Kier alpha value is -0.460. The number of morpholine rings is 1. The zero-order valence-electron chi connectivity index (χ0n) is 15.2. The number of nitrogens with zero attached hydrogens (tertiary/aromatic N) is 1. The van der Waals surface area contributed by atoms with E-state index in [9.17, 15) is 4.79 Å². The maximum Gasteiger partial charge on any atom is 0.410 e. The second-order valence-corrected chi connectivity index (χ2v) is 9.08. The Kier molecular flexibility index (Phi) is 6.25. The Morgan fingerprint density at radius 1 is 1.48 bits per heavy atom. The van der Waals surface area contributed by atoms with E-state index in [4.69, 9.17) is 9.47 Å². The van der Waals surface area contributed by atoms with Crippen molar-refractivity contribution in [3.8, 4) is 0 Å². The summed E-state index contributed by atoms with van der Waals surface area (Å²) >= 11 is 1.97. The van der Waals surface area contributed by atoms with Crippen LogP contribution in [0.3, 0.4) is 0 Å². The molecule has 0 aromatic rings. The molecular weight excluding hydrogens is 312 g/mol. The molecule has 0 aromatic heterocycles. The summed E-state index contributed by atoms with van der Waals surface area (Å²) in [5.41, 5.74) is -0.458. The molecule has 2 atom stereocenters. The highest BCUT2D eigenvalue weighted by molar-refractivity contribution is 8.00. The van der Waals surface area contributed by atoms with Gasteiger partial charge in [-0.3, -0.25) is 0 Å². The van der Waals surface area contributed by atoms with E-state index in [0.717, 1.165) is 13.0 Å². The SMILES string of the molecule is CSC1(CNC(C)CC2COCCN2C(=O)OC(C)(C)C)CC1. The Balaban J connectivity index is 1.84. The van der Waals surface area contributed by atoms with Gasteiger partial charge in [-0.1, -0.05) is 0 Å². The first kappa shape index (κ1) is 18.9. The van der Waals surface area contributed by atoms with Gasteiger partial charge in [-0.2, -0.15) is 11.8 Å². The van der Waals surface area contributed by atoms with Crippen LogP contribution in [0.1, 0.15) is 47.0 Å². The second kappa shape index (κ2) is 7.62. The standard InChI is InChI=1S/C17H32N2O3S/c1-13(18-12-17(23-5)6-7-17)10-14-11-21-9-8-19(14)15(20)22-16(2,3)4/h13-14,18H,6-12H2,1-5H3. The fourth-order valence-electron chi connectivity index (χ4n) is 2.86. The minimum absolute atomic E-state index is 0.0885. The number of carbonyl (C=O) groups is 1. The van der Waals surface area contributed by atoms with E-state index in [2.05, 4.69) is 18.5 Å². The van der Waals surface area contributed by atoms with E-state index in [0.29, 0.717) is 30.5 Å². The molecule has 0 bridgehead atoms. The van der Waals surface area contributed by atoms with Crippen LogP contribution in [0.25, 0.3) is 0 Å². The average Bonchev–Trinajstić information content (AvgIpc) is 3.24. The molecule has 0 aromatic carbocycles. The van der Waals surface area contributed by atoms with E-state index in [1.165, 1.54) is 12.8 Å². The minimum atomic E-state index is -0.458. The van der Waals surface area contributed by atoms with Crippen LogP contribution in [0.4, 0.5) is 4.79 Å². The van der Waals surface area contributed by atoms with Gasteiger partial charge in [-0.05, 0) is 53.2 Å². The molecule has 6 heteroatoms. The van der Waals surface area contributed by atoms with Crippen molar-refractivity contribution in [3.05, 3.63) is 0 Å². The zero-order chi connectivity index (χ0) is 17.1. The first-order valence-corrected chi connectivity index (χ1v) is 9.83. The normalized spacial score (nSPS) is 25.1. The average molecular weight is 345 g/mol. The molecule has 23 heavy (non-hydrogen) atoms. The lowest BCUT2D eigenvalue weighted by atomic mass is 10.1. The van der Waals surface area contributed by atoms with Crippen LogP contribution in [-0.2, 0) is 9.47 Å². The van der Waals surface area contributed by atoms with Gasteiger partial charge in [0.05, 0.1) is 19.3 Å². The molecule has 1 amide bonds. The maximum atomic E-state index is 12.4. The quantitative estimate of drug-likeness (QED) is 0.803. The Bertz CT molecular complexity index is 407. The number of thioether (sulfide) groups is 1. The number of hydrogen-bond donors (Lipinski definition) is 1. The Morgan fingerprint density at radius 2 is 2.17 bits per heavy atom. The van der Waals surface area contributed by atoms with E-state index < -0.39 is 5.60 Å². The lowest BCUT2D eigenvalue weighted by molar-refractivity contribution is -0.0355. The predicted octanol–water partition coefficient (Wildman–Crippen LogP) is 2.89. The molecule has 1 N–H and O–H groups in total. The van der Waals surface area contributed by atoms with Gasteiger partial charge in [0.1, 0.15) is 5.60 Å². The fourth-order valence-corrected chi connectivity index (χ4v) is 3.59. The highest BCUT2D eigenvalue weighted by atomic mass is 32.2. The third-order valence-corrected chi connectivity index (χ3v) is 5.91. The van der Waals surface area contributed by atoms with Gasteiger partial charge in [0, 0.05) is 23.9 Å². The Morgan fingerprint density at radius 3 is 2.74 bits per heavy atom. The predicted molar refractivity (Wildman–Crippen MR) is 95.1 cm³/mol. The molecule has 5 nitrogen and oxygen atoms in total.